The summed E-state index contributed by atoms with van der Waals surface area (Å²) in [6.07, 6.45) is 3.57. The van der Waals surface area contributed by atoms with Gasteiger partial charge in [0, 0.05) is 37.4 Å². The minimum absolute atomic E-state index is 0.0774. The standard InChI is InChI=1S/C19H19ClN4O3S/c1-3-24-15(25)10-22(2)18(27)16-12-5-7-23(9-14(12)28-19(16)24)17(26)11-4-6-21-8-13(11)20/h4,6,8H,3,5,7,9-10H2,1-2H3. The number of carbonyl (C=O) groups is 3. The summed E-state index contributed by atoms with van der Waals surface area (Å²) in [6, 6.07) is 1.61. The van der Waals surface area contributed by atoms with Gasteiger partial charge < -0.3 is 14.7 Å². The van der Waals surface area contributed by atoms with Crippen LogP contribution in [0.1, 0.15) is 38.1 Å². The fourth-order valence-electron chi connectivity index (χ4n) is 3.68. The number of rotatable bonds is 2. The van der Waals surface area contributed by atoms with E-state index in [1.54, 1.807) is 29.1 Å². The zero-order valence-corrected chi connectivity index (χ0v) is 17.1. The number of halogens is 1. The molecule has 0 aromatic carbocycles. The van der Waals surface area contributed by atoms with Crippen LogP contribution < -0.4 is 4.90 Å². The van der Waals surface area contributed by atoms with Gasteiger partial charge in [-0.25, -0.2) is 0 Å². The lowest BCUT2D eigenvalue weighted by molar-refractivity contribution is -0.118. The summed E-state index contributed by atoms with van der Waals surface area (Å²) in [5.74, 6) is -0.380. The summed E-state index contributed by atoms with van der Waals surface area (Å²) in [5.41, 5.74) is 1.98. The second-order valence-corrected chi connectivity index (χ2v) is 8.31. The van der Waals surface area contributed by atoms with Crippen LogP contribution in [-0.2, 0) is 17.8 Å². The third-order valence-corrected chi connectivity index (χ3v) is 6.66. The fraction of sp³-hybridized carbons (Fsp3) is 0.368. The van der Waals surface area contributed by atoms with Gasteiger partial charge >= 0.3 is 0 Å². The van der Waals surface area contributed by atoms with Gasteiger partial charge in [-0.2, -0.15) is 0 Å². The zero-order chi connectivity index (χ0) is 20.0. The van der Waals surface area contributed by atoms with Crippen LogP contribution in [-0.4, -0.2) is 59.2 Å². The number of hydrogen-bond donors (Lipinski definition) is 0. The molecule has 0 unspecified atom stereocenters. The third kappa shape index (κ3) is 2.97. The Bertz CT molecular complexity index is 990. The topological polar surface area (TPSA) is 73.8 Å². The van der Waals surface area contributed by atoms with Gasteiger partial charge in [0.25, 0.3) is 11.8 Å². The number of carbonyl (C=O) groups excluding carboxylic acids is 3. The quantitative estimate of drug-likeness (QED) is 0.750. The SMILES string of the molecule is CCN1C(=O)CN(C)C(=O)c2c1sc1c2CCN(C(=O)c2ccncc2Cl)C1. The highest BCUT2D eigenvalue weighted by Crippen LogP contribution is 2.41. The van der Waals surface area contributed by atoms with E-state index in [1.807, 2.05) is 6.92 Å². The summed E-state index contributed by atoms with van der Waals surface area (Å²) in [6.45, 7) is 3.37. The van der Waals surface area contributed by atoms with Crippen molar-refractivity contribution in [1.82, 2.24) is 14.8 Å². The van der Waals surface area contributed by atoms with E-state index >= 15 is 0 Å². The Morgan fingerprint density at radius 2 is 2.11 bits per heavy atom. The van der Waals surface area contributed by atoms with E-state index in [4.69, 9.17) is 11.6 Å². The molecule has 4 heterocycles. The molecule has 0 saturated heterocycles. The van der Waals surface area contributed by atoms with Gasteiger partial charge in [-0.05, 0) is 25.0 Å². The first-order valence-electron chi connectivity index (χ1n) is 9.01. The molecule has 146 valence electrons. The minimum atomic E-state index is -0.159. The second-order valence-electron chi connectivity index (χ2n) is 6.82. The molecule has 28 heavy (non-hydrogen) atoms. The third-order valence-electron chi connectivity index (χ3n) is 5.12. The van der Waals surface area contributed by atoms with Crippen LogP contribution in [0.3, 0.4) is 0 Å². The molecule has 0 atom stereocenters. The molecule has 0 N–H and O–H groups in total. The van der Waals surface area contributed by atoms with E-state index in [9.17, 15) is 14.4 Å². The zero-order valence-electron chi connectivity index (χ0n) is 15.6. The van der Waals surface area contributed by atoms with Crippen LogP contribution in [0, 0.1) is 0 Å². The van der Waals surface area contributed by atoms with Gasteiger partial charge in [-0.15, -0.1) is 11.3 Å². The molecule has 3 amide bonds. The summed E-state index contributed by atoms with van der Waals surface area (Å²) >= 11 is 7.56. The number of anilines is 1. The van der Waals surface area contributed by atoms with Crippen LogP contribution >= 0.6 is 22.9 Å². The van der Waals surface area contributed by atoms with Crippen molar-refractivity contribution >= 4 is 45.7 Å². The number of hydrogen-bond acceptors (Lipinski definition) is 5. The van der Waals surface area contributed by atoms with Crippen molar-refractivity contribution in [1.29, 1.82) is 0 Å². The summed E-state index contributed by atoms with van der Waals surface area (Å²) in [7, 11) is 1.65. The maximum absolute atomic E-state index is 12.9. The van der Waals surface area contributed by atoms with Crippen molar-refractivity contribution in [3.8, 4) is 0 Å². The second kappa shape index (κ2) is 7.18. The first-order chi connectivity index (χ1) is 13.4. The Balaban J connectivity index is 1.71. The number of pyridine rings is 1. The number of fused-ring (bicyclic) bond motifs is 3. The molecule has 0 spiro atoms. The average molecular weight is 419 g/mol. The lowest BCUT2D eigenvalue weighted by Crippen LogP contribution is -2.38. The van der Waals surface area contributed by atoms with Crippen LogP contribution in [0.25, 0.3) is 0 Å². The number of nitrogens with zero attached hydrogens (tertiary/aromatic N) is 4. The van der Waals surface area contributed by atoms with Gasteiger partial charge in [-0.3, -0.25) is 19.4 Å². The van der Waals surface area contributed by atoms with E-state index in [2.05, 4.69) is 4.98 Å². The molecule has 2 aliphatic rings. The molecule has 0 aliphatic carbocycles. The van der Waals surface area contributed by atoms with Crippen molar-refractivity contribution in [3.05, 3.63) is 45.1 Å². The Kier molecular flexibility index (Phi) is 4.84. The number of thiophene rings is 1. The van der Waals surface area contributed by atoms with E-state index in [0.717, 1.165) is 10.4 Å². The van der Waals surface area contributed by atoms with E-state index in [0.29, 0.717) is 47.2 Å². The average Bonchev–Trinajstić information content (AvgIpc) is 3.01. The molecule has 7 nitrogen and oxygen atoms in total. The molecule has 2 aliphatic heterocycles. The molecule has 2 aromatic heterocycles. The number of amides is 3. The summed E-state index contributed by atoms with van der Waals surface area (Å²) in [4.78, 5) is 48.1. The molecular formula is C19H19ClN4O3S. The van der Waals surface area contributed by atoms with Crippen molar-refractivity contribution in [3.63, 3.8) is 0 Å². The minimum Gasteiger partial charge on any atom is -0.333 e. The maximum Gasteiger partial charge on any atom is 0.257 e. The molecule has 9 heteroatoms. The van der Waals surface area contributed by atoms with Crippen molar-refractivity contribution in [2.24, 2.45) is 0 Å². The normalized spacial score (nSPS) is 16.8. The maximum atomic E-state index is 12.9. The fourth-order valence-corrected chi connectivity index (χ4v) is 5.31. The number of likely N-dealkylation sites (N-methyl/N-ethyl adjacent to an activating group) is 2. The lowest BCUT2D eigenvalue weighted by atomic mass is 10.0. The van der Waals surface area contributed by atoms with Crippen LogP contribution in [0.2, 0.25) is 5.02 Å². The highest BCUT2D eigenvalue weighted by atomic mass is 35.5. The monoisotopic (exact) mass is 418 g/mol. The van der Waals surface area contributed by atoms with E-state index in [-0.39, 0.29) is 24.3 Å². The number of aromatic nitrogens is 1. The van der Waals surface area contributed by atoms with Gasteiger partial charge in [0.1, 0.15) is 11.5 Å². The molecule has 0 saturated carbocycles. The first kappa shape index (κ1) is 18.9. The van der Waals surface area contributed by atoms with E-state index in [1.165, 1.54) is 22.4 Å². The molecule has 0 radical (unpaired) electrons. The van der Waals surface area contributed by atoms with Gasteiger partial charge in [0.05, 0.1) is 22.7 Å². The summed E-state index contributed by atoms with van der Waals surface area (Å²) in [5, 5.41) is 1.02. The van der Waals surface area contributed by atoms with Gasteiger partial charge in [0.15, 0.2) is 0 Å². The molecule has 0 bridgehead atoms. The Morgan fingerprint density at radius 3 is 2.82 bits per heavy atom. The largest absolute Gasteiger partial charge is 0.333 e. The van der Waals surface area contributed by atoms with E-state index < -0.39 is 0 Å². The predicted molar refractivity (Wildman–Crippen MR) is 107 cm³/mol. The highest BCUT2D eigenvalue weighted by molar-refractivity contribution is 7.17. The van der Waals surface area contributed by atoms with Crippen molar-refractivity contribution in [2.75, 3.05) is 31.6 Å². The Labute approximate surface area is 171 Å². The molecular weight excluding hydrogens is 400 g/mol. The smallest absolute Gasteiger partial charge is 0.257 e. The summed E-state index contributed by atoms with van der Waals surface area (Å²) < 4.78 is 0. The van der Waals surface area contributed by atoms with Gasteiger partial charge in [-0.1, -0.05) is 11.6 Å². The van der Waals surface area contributed by atoms with Crippen molar-refractivity contribution < 1.29 is 14.4 Å². The molecule has 4 rings (SSSR count). The van der Waals surface area contributed by atoms with Crippen molar-refractivity contribution in [2.45, 2.75) is 19.9 Å². The Morgan fingerprint density at radius 1 is 1.32 bits per heavy atom. The van der Waals surface area contributed by atoms with Crippen LogP contribution in [0.5, 0.6) is 0 Å². The van der Waals surface area contributed by atoms with Crippen LogP contribution in [0.15, 0.2) is 18.5 Å². The Hall–Kier alpha value is -2.45. The highest BCUT2D eigenvalue weighted by Gasteiger charge is 2.37. The van der Waals surface area contributed by atoms with Gasteiger partial charge in [0.2, 0.25) is 5.91 Å². The lowest BCUT2D eigenvalue weighted by Gasteiger charge is -2.28. The molecule has 2 aromatic rings. The first-order valence-corrected chi connectivity index (χ1v) is 10.2. The van der Waals surface area contributed by atoms with Crippen LogP contribution in [0.4, 0.5) is 5.00 Å². The predicted octanol–water partition coefficient (Wildman–Crippen LogP) is 2.43. The molecule has 0 fully saturated rings.